The molecule has 0 aliphatic heterocycles. The Morgan fingerprint density at radius 3 is 2.43 bits per heavy atom. The van der Waals surface area contributed by atoms with Gasteiger partial charge in [0.25, 0.3) is 5.91 Å². The molecule has 0 atom stereocenters. The molecule has 0 saturated carbocycles. The fourth-order valence-electron chi connectivity index (χ4n) is 2.68. The quantitative estimate of drug-likeness (QED) is 0.610. The smallest absolute Gasteiger partial charge is 0.291 e. The number of nitrogens with one attached hydrogen (secondary N) is 1. The maximum absolute atomic E-state index is 13.1. The van der Waals surface area contributed by atoms with E-state index in [1.54, 1.807) is 31.2 Å². The number of benzene rings is 2. The highest BCUT2D eigenvalue weighted by Crippen LogP contribution is 2.30. The number of halogens is 1. The predicted octanol–water partition coefficient (Wildman–Crippen LogP) is 3.99. The topological polar surface area (TPSA) is 88.8 Å². The van der Waals surface area contributed by atoms with Crippen molar-refractivity contribution in [1.29, 1.82) is 0 Å². The average Bonchev–Trinajstić information content (AvgIpc) is 3.20. The van der Waals surface area contributed by atoms with E-state index in [1.807, 2.05) is 0 Å². The summed E-state index contributed by atoms with van der Waals surface area (Å²) in [5, 5.41) is 2.62. The van der Waals surface area contributed by atoms with Crippen LogP contribution in [-0.4, -0.2) is 39.3 Å². The third kappa shape index (κ3) is 4.52. The summed E-state index contributed by atoms with van der Waals surface area (Å²) in [4.78, 5) is 12.5. The standard InChI is InChI=1S/C21H21FN2O5S/c1-4-28-18-10-9-16(13-20(18)30(26,27)24(2)3)23-21(25)19-12-11-17(29-19)14-5-7-15(22)8-6-14/h5-13H,4H2,1-3H3,(H,23,25). The van der Waals surface area contributed by atoms with Crippen molar-refractivity contribution < 1.29 is 26.8 Å². The third-order valence-corrected chi connectivity index (χ3v) is 6.05. The normalized spacial score (nSPS) is 11.5. The van der Waals surface area contributed by atoms with Gasteiger partial charge in [0.05, 0.1) is 6.61 Å². The lowest BCUT2D eigenvalue weighted by Crippen LogP contribution is -2.23. The summed E-state index contributed by atoms with van der Waals surface area (Å²) in [7, 11) is -0.959. The number of furan rings is 1. The maximum atomic E-state index is 13.1. The summed E-state index contributed by atoms with van der Waals surface area (Å²) in [6.07, 6.45) is 0. The average molecular weight is 432 g/mol. The van der Waals surface area contributed by atoms with Gasteiger partial charge in [-0.25, -0.2) is 17.1 Å². The van der Waals surface area contributed by atoms with Gasteiger partial charge >= 0.3 is 0 Å². The van der Waals surface area contributed by atoms with E-state index in [0.717, 1.165) is 4.31 Å². The maximum Gasteiger partial charge on any atom is 0.291 e. The highest BCUT2D eigenvalue weighted by molar-refractivity contribution is 7.89. The lowest BCUT2D eigenvalue weighted by molar-refractivity contribution is 0.0997. The molecule has 0 aliphatic rings. The Balaban J connectivity index is 1.86. The fraction of sp³-hybridized carbons (Fsp3) is 0.190. The summed E-state index contributed by atoms with van der Waals surface area (Å²) in [6, 6.07) is 13.1. The lowest BCUT2D eigenvalue weighted by Gasteiger charge is -2.16. The highest BCUT2D eigenvalue weighted by Gasteiger charge is 2.23. The molecule has 30 heavy (non-hydrogen) atoms. The van der Waals surface area contributed by atoms with Crippen LogP contribution in [0, 0.1) is 5.82 Å². The Morgan fingerprint density at radius 2 is 1.80 bits per heavy atom. The van der Waals surface area contributed by atoms with Crippen molar-refractivity contribution in [2.75, 3.05) is 26.0 Å². The molecule has 1 N–H and O–H groups in total. The molecule has 7 nitrogen and oxygen atoms in total. The molecule has 1 amide bonds. The van der Waals surface area contributed by atoms with E-state index in [9.17, 15) is 17.6 Å². The molecular weight excluding hydrogens is 411 g/mol. The second-order valence-electron chi connectivity index (χ2n) is 6.51. The monoisotopic (exact) mass is 432 g/mol. The van der Waals surface area contributed by atoms with Crippen LogP contribution >= 0.6 is 0 Å². The Bertz CT molecular complexity index is 1150. The van der Waals surface area contributed by atoms with E-state index < -0.39 is 15.9 Å². The van der Waals surface area contributed by atoms with Crippen molar-refractivity contribution in [3.63, 3.8) is 0 Å². The van der Waals surface area contributed by atoms with Crippen LogP contribution in [0.2, 0.25) is 0 Å². The number of amides is 1. The Kier molecular flexibility index (Phi) is 6.23. The number of carbonyl (C=O) groups excluding carboxylic acids is 1. The van der Waals surface area contributed by atoms with E-state index in [1.165, 1.54) is 44.4 Å². The number of rotatable bonds is 7. The molecular formula is C21H21FN2O5S. The molecule has 2 aromatic carbocycles. The summed E-state index contributed by atoms with van der Waals surface area (Å²) in [5.41, 5.74) is 0.888. The molecule has 0 spiro atoms. The zero-order valence-electron chi connectivity index (χ0n) is 16.7. The van der Waals surface area contributed by atoms with Gasteiger partial charge in [-0.05, 0) is 61.5 Å². The van der Waals surface area contributed by atoms with Crippen molar-refractivity contribution in [2.24, 2.45) is 0 Å². The van der Waals surface area contributed by atoms with Crippen molar-refractivity contribution in [3.8, 4) is 17.1 Å². The number of anilines is 1. The van der Waals surface area contributed by atoms with Gasteiger partial charge in [-0.15, -0.1) is 0 Å². The minimum Gasteiger partial charge on any atom is -0.492 e. The first kappa shape index (κ1) is 21.5. The molecule has 0 aliphatic carbocycles. The van der Waals surface area contributed by atoms with E-state index in [4.69, 9.17) is 9.15 Å². The Labute approximate surface area is 174 Å². The summed E-state index contributed by atoms with van der Waals surface area (Å²) >= 11 is 0. The van der Waals surface area contributed by atoms with Gasteiger partial charge in [-0.1, -0.05) is 0 Å². The van der Waals surface area contributed by atoms with Crippen molar-refractivity contribution in [1.82, 2.24) is 4.31 Å². The molecule has 0 fully saturated rings. The van der Waals surface area contributed by atoms with Crippen LogP contribution in [0.5, 0.6) is 5.75 Å². The van der Waals surface area contributed by atoms with Gasteiger partial charge < -0.3 is 14.5 Å². The second kappa shape index (κ2) is 8.68. The van der Waals surface area contributed by atoms with E-state index in [-0.39, 0.29) is 27.9 Å². The first-order valence-electron chi connectivity index (χ1n) is 9.09. The van der Waals surface area contributed by atoms with Crippen LogP contribution < -0.4 is 10.1 Å². The predicted molar refractivity (Wildman–Crippen MR) is 111 cm³/mol. The first-order chi connectivity index (χ1) is 14.2. The zero-order chi connectivity index (χ0) is 21.9. The van der Waals surface area contributed by atoms with Crippen LogP contribution in [0.25, 0.3) is 11.3 Å². The third-order valence-electron chi connectivity index (χ3n) is 4.22. The fourth-order valence-corrected chi connectivity index (χ4v) is 3.73. The van der Waals surface area contributed by atoms with E-state index in [2.05, 4.69) is 5.32 Å². The summed E-state index contributed by atoms with van der Waals surface area (Å²) in [5.74, 6) is -0.299. The van der Waals surface area contributed by atoms with Gasteiger partial charge in [-0.3, -0.25) is 4.79 Å². The SMILES string of the molecule is CCOc1ccc(NC(=O)c2ccc(-c3ccc(F)cc3)o2)cc1S(=O)(=O)N(C)C. The Hall–Kier alpha value is -3.17. The Morgan fingerprint density at radius 1 is 1.10 bits per heavy atom. The number of hydrogen-bond acceptors (Lipinski definition) is 5. The van der Waals surface area contributed by atoms with Crippen LogP contribution in [0.1, 0.15) is 17.5 Å². The molecule has 1 aromatic heterocycles. The molecule has 1 heterocycles. The number of nitrogens with zero attached hydrogens (tertiary/aromatic N) is 1. The molecule has 0 bridgehead atoms. The van der Waals surface area contributed by atoms with Crippen molar-refractivity contribution >= 4 is 21.6 Å². The molecule has 9 heteroatoms. The number of carbonyl (C=O) groups is 1. The minimum absolute atomic E-state index is 0.0280. The number of sulfonamides is 1. The van der Waals surface area contributed by atoms with Gasteiger partial charge in [0.15, 0.2) is 5.76 Å². The molecule has 0 saturated heterocycles. The largest absolute Gasteiger partial charge is 0.492 e. The van der Waals surface area contributed by atoms with Gasteiger partial charge in [0.2, 0.25) is 10.0 Å². The molecule has 3 rings (SSSR count). The highest BCUT2D eigenvalue weighted by atomic mass is 32.2. The van der Waals surface area contributed by atoms with Crippen LogP contribution in [-0.2, 0) is 10.0 Å². The van der Waals surface area contributed by atoms with Crippen molar-refractivity contribution in [2.45, 2.75) is 11.8 Å². The van der Waals surface area contributed by atoms with E-state index in [0.29, 0.717) is 17.9 Å². The van der Waals surface area contributed by atoms with Gasteiger partial charge in [-0.2, -0.15) is 0 Å². The van der Waals surface area contributed by atoms with Crippen LogP contribution in [0.4, 0.5) is 10.1 Å². The molecule has 0 unspecified atom stereocenters. The molecule has 3 aromatic rings. The van der Waals surface area contributed by atoms with Gasteiger partial charge in [0.1, 0.15) is 22.2 Å². The number of ether oxygens (including phenoxy) is 1. The van der Waals surface area contributed by atoms with Crippen LogP contribution in [0.3, 0.4) is 0 Å². The van der Waals surface area contributed by atoms with Gasteiger partial charge in [0, 0.05) is 25.3 Å². The van der Waals surface area contributed by atoms with Crippen molar-refractivity contribution in [3.05, 3.63) is 66.2 Å². The molecule has 0 radical (unpaired) electrons. The lowest BCUT2D eigenvalue weighted by atomic mass is 10.2. The summed E-state index contributed by atoms with van der Waals surface area (Å²) < 4.78 is 50.3. The second-order valence-corrected chi connectivity index (χ2v) is 8.63. The van der Waals surface area contributed by atoms with Crippen LogP contribution in [0.15, 0.2) is 63.9 Å². The number of hydrogen-bond donors (Lipinski definition) is 1. The molecule has 158 valence electrons. The first-order valence-corrected chi connectivity index (χ1v) is 10.5. The minimum atomic E-state index is -3.79. The summed E-state index contributed by atoms with van der Waals surface area (Å²) in [6.45, 7) is 2.04. The zero-order valence-corrected chi connectivity index (χ0v) is 17.5. The van der Waals surface area contributed by atoms with E-state index >= 15 is 0 Å².